The zero-order chi connectivity index (χ0) is 17.7. The van der Waals surface area contributed by atoms with Gasteiger partial charge in [-0.1, -0.05) is 38.1 Å². The largest absolute Gasteiger partial charge is 0.508 e. The Bertz CT molecular complexity index is 819. The van der Waals surface area contributed by atoms with Crippen LogP contribution in [0.4, 0.5) is 0 Å². The molecule has 0 spiro atoms. The van der Waals surface area contributed by atoms with Crippen LogP contribution >= 0.6 is 0 Å². The minimum atomic E-state index is -4.52. The first-order valence-electron chi connectivity index (χ1n) is 7.62. The summed E-state index contributed by atoms with van der Waals surface area (Å²) in [6, 6.07) is 13.6. The van der Waals surface area contributed by atoms with Gasteiger partial charge in [-0.25, -0.2) is 0 Å². The second-order valence-corrected chi connectivity index (χ2v) is 6.27. The molecule has 0 radical (unpaired) electrons. The number of phenols is 1. The first-order chi connectivity index (χ1) is 11.3. The average Bonchev–Trinajstić information content (AvgIpc) is 2.53. The first kappa shape index (κ1) is 18.0. The lowest BCUT2D eigenvalue weighted by atomic mass is 9.91. The van der Waals surface area contributed by atoms with Gasteiger partial charge in [0.25, 0.3) is 0 Å². The molecule has 2 rings (SSSR count). The number of hydrogen-bond acceptors (Lipinski definition) is 4. The minimum Gasteiger partial charge on any atom is -0.508 e. The van der Waals surface area contributed by atoms with Gasteiger partial charge >= 0.3 is 10.4 Å². The normalized spacial score (nSPS) is 12.6. The standard InChI is InChI=1S/C18H20O5S/c1-3-17(13-5-9-15(19)10-6-13)18(4-2)14-7-11-16(12-8-14)23-24(20,21)22/h5-12,19H,3-4H2,1-2H3,(H,20,21,22). The van der Waals surface area contributed by atoms with Crippen LogP contribution in [0.3, 0.4) is 0 Å². The van der Waals surface area contributed by atoms with E-state index in [9.17, 15) is 13.5 Å². The summed E-state index contributed by atoms with van der Waals surface area (Å²) < 4.78 is 34.6. The zero-order valence-corrected chi connectivity index (χ0v) is 14.4. The van der Waals surface area contributed by atoms with E-state index in [0.717, 1.165) is 35.1 Å². The fourth-order valence-electron chi connectivity index (χ4n) is 2.68. The molecule has 0 unspecified atom stereocenters. The quantitative estimate of drug-likeness (QED) is 0.600. The molecule has 0 fully saturated rings. The molecule has 2 aromatic carbocycles. The van der Waals surface area contributed by atoms with Crippen molar-refractivity contribution in [2.75, 3.05) is 0 Å². The highest BCUT2D eigenvalue weighted by molar-refractivity contribution is 7.81. The Labute approximate surface area is 142 Å². The topological polar surface area (TPSA) is 83.8 Å². The summed E-state index contributed by atoms with van der Waals surface area (Å²) in [5, 5.41) is 9.45. The highest BCUT2D eigenvalue weighted by Gasteiger charge is 2.11. The van der Waals surface area contributed by atoms with E-state index in [0.29, 0.717) is 0 Å². The number of benzene rings is 2. The number of phenolic OH excluding ortho intramolecular Hbond substituents is 1. The third kappa shape index (κ3) is 4.59. The van der Waals surface area contributed by atoms with Crippen molar-refractivity contribution in [3.63, 3.8) is 0 Å². The maximum absolute atomic E-state index is 10.7. The molecule has 0 heterocycles. The number of allylic oxidation sites excluding steroid dienone is 2. The predicted octanol–water partition coefficient (Wildman–Crippen LogP) is 4.30. The van der Waals surface area contributed by atoms with Crippen molar-refractivity contribution in [3.8, 4) is 11.5 Å². The lowest BCUT2D eigenvalue weighted by Gasteiger charge is -2.14. The van der Waals surface area contributed by atoms with E-state index in [4.69, 9.17) is 4.55 Å². The second-order valence-electron chi connectivity index (χ2n) is 5.25. The second kappa shape index (κ2) is 7.51. The number of aromatic hydroxyl groups is 1. The van der Waals surface area contributed by atoms with Crippen molar-refractivity contribution in [2.45, 2.75) is 26.7 Å². The Kier molecular flexibility index (Phi) is 5.64. The van der Waals surface area contributed by atoms with Crippen LogP contribution in [0.15, 0.2) is 48.5 Å². The van der Waals surface area contributed by atoms with Gasteiger partial charge in [0.05, 0.1) is 0 Å². The summed E-state index contributed by atoms with van der Waals surface area (Å²) in [5.74, 6) is 0.276. The van der Waals surface area contributed by atoms with Crippen LogP contribution in [-0.2, 0) is 10.4 Å². The van der Waals surface area contributed by atoms with E-state index in [1.807, 2.05) is 19.1 Å². The lowest BCUT2D eigenvalue weighted by Crippen LogP contribution is -2.06. The summed E-state index contributed by atoms with van der Waals surface area (Å²) >= 11 is 0. The maximum atomic E-state index is 10.7. The van der Waals surface area contributed by atoms with Crippen LogP contribution in [0.25, 0.3) is 11.1 Å². The fourth-order valence-corrected chi connectivity index (χ4v) is 3.03. The van der Waals surface area contributed by atoms with E-state index >= 15 is 0 Å². The van der Waals surface area contributed by atoms with Crippen LogP contribution in [0.1, 0.15) is 37.8 Å². The van der Waals surface area contributed by atoms with Crippen LogP contribution in [0.2, 0.25) is 0 Å². The van der Waals surface area contributed by atoms with Crippen molar-refractivity contribution in [1.29, 1.82) is 0 Å². The van der Waals surface area contributed by atoms with Crippen molar-refractivity contribution >= 4 is 21.5 Å². The van der Waals surface area contributed by atoms with Gasteiger partial charge in [0.2, 0.25) is 0 Å². The monoisotopic (exact) mass is 348 g/mol. The molecule has 0 atom stereocenters. The van der Waals surface area contributed by atoms with E-state index in [2.05, 4.69) is 11.1 Å². The van der Waals surface area contributed by atoms with Gasteiger partial charge in [-0.15, -0.1) is 0 Å². The number of rotatable bonds is 6. The van der Waals surface area contributed by atoms with Crippen molar-refractivity contribution < 1.29 is 22.3 Å². The molecule has 2 aromatic rings. The van der Waals surface area contributed by atoms with Crippen molar-refractivity contribution in [3.05, 3.63) is 59.7 Å². The molecule has 5 nitrogen and oxygen atoms in total. The third-order valence-corrected chi connectivity index (χ3v) is 4.09. The van der Waals surface area contributed by atoms with Gasteiger partial charge in [0, 0.05) is 0 Å². The summed E-state index contributed by atoms with van der Waals surface area (Å²) in [7, 11) is -4.52. The zero-order valence-electron chi connectivity index (χ0n) is 13.6. The summed E-state index contributed by atoms with van der Waals surface area (Å²) in [6.45, 7) is 4.11. The maximum Gasteiger partial charge on any atom is 0.446 e. The third-order valence-electron chi connectivity index (χ3n) is 3.69. The van der Waals surface area contributed by atoms with Crippen LogP contribution in [0.5, 0.6) is 11.5 Å². The molecule has 24 heavy (non-hydrogen) atoms. The van der Waals surface area contributed by atoms with E-state index in [1.165, 1.54) is 12.1 Å². The SMILES string of the molecule is CCC(=C(CC)c1ccc(OS(=O)(=O)O)cc1)c1ccc(O)cc1. The van der Waals surface area contributed by atoms with Gasteiger partial charge in [0.1, 0.15) is 11.5 Å². The van der Waals surface area contributed by atoms with Crippen LogP contribution in [0, 0.1) is 0 Å². The van der Waals surface area contributed by atoms with Gasteiger partial charge in [0.15, 0.2) is 0 Å². The van der Waals surface area contributed by atoms with Crippen LogP contribution < -0.4 is 4.18 Å². The molecule has 0 aromatic heterocycles. The van der Waals surface area contributed by atoms with Crippen molar-refractivity contribution in [2.24, 2.45) is 0 Å². The fraction of sp³-hybridized carbons (Fsp3) is 0.222. The molecule has 2 N–H and O–H groups in total. The molecule has 128 valence electrons. The molecule has 0 bridgehead atoms. The minimum absolute atomic E-state index is 0.0550. The number of hydrogen-bond donors (Lipinski definition) is 2. The molecule has 6 heteroatoms. The Balaban J connectivity index is 2.43. The molecule has 0 saturated heterocycles. The van der Waals surface area contributed by atoms with E-state index < -0.39 is 10.4 Å². The van der Waals surface area contributed by atoms with Gasteiger partial charge < -0.3 is 9.29 Å². The van der Waals surface area contributed by atoms with E-state index in [-0.39, 0.29) is 11.5 Å². The Morgan fingerprint density at radius 3 is 1.67 bits per heavy atom. The van der Waals surface area contributed by atoms with Gasteiger partial charge in [-0.2, -0.15) is 8.42 Å². The average molecular weight is 348 g/mol. The highest BCUT2D eigenvalue weighted by Crippen LogP contribution is 2.32. The highest BCUT2D eigenvalue weighted by atomic mass is 32.3. The summed E-state index contributed by atoms with van der Waals surface area (Å²) in [5.41, 5.74) is 4.26. The predicted molar refractivity (Wildman–Crippen MR) is 94.1 cm³/mol. The first-order valence-corrected chi connectivity index (χ1v) is 8.99. The molecule has 0 saturated carbocycles. The smallest absolute Gasteiger partial charge is 0.446 e. The molecule has 0 aliphatic rings. The molecule has 0 aliphatic heterocycles. The lowest BCUT2D eigenvalue weighted by molar-refractivity contribution is 0.387. The summed E-state index contributed by atoms with van der Waals surface area (Å²) in [6.07, 6.45) is 1.61. The Morgan fingerprint density at radius 1 is 0.875 bits per heavy atom. The molecular weight excluding hydrogens is 328 g/mol. The van der Waals surface area contributed by atoms with Crippen LogP contribution in [-0.4, -0.2) is 18.1 Å². The van der Waals surface area contributed by atoms with Gasteiger partial charge in [-0.05, 0) is 59.4 Å². The Morgan fingerprint density at radius 2 is 1.29 bits per heavy atom. The molecule has 0 amide bonds. The van der Waals surface area contributed by atoms with E-state index in [1.54, 1.807) is 24.3 Å². The molecule has 0 aliphatic carbocycles. The summed E-state index contributed by atoms with van der Waals surface area (Å²) in [4.78, 5) is 0. The van der Waals surface area contributed by atoms with Gasteiger partial charge in [-0.3, -0.25) is 4.55 Å². The molecular formula is C18H20O5S. The Hall–Kier alpha value is -2.31. The van der Waals surface area contributed by atoms with Crippen molar-refractivity contribution in [1.82, 2.24) is 0 Å².